The predicted molar refractivity (Wildman–Crippen MR) is 110 cm³/mol. The zero-order valence-corrected chi connectivity index (χ0v) is 17.4. The molecule has 0 spiro atoms. The smallest absolute Gasteiger partial charge is 0.244 e. The van der Waals surface area contributed by atoms with E-state index >= 15 is 0 Å². The van der Waals surface area contributed by atoms with Crippen LogP contribution in [0.2, 0.25) is 0 Å². The number of sulfonamides is 1. The average Bonchev–Trinajstić information content (AvgIpc) is 2.60. The van der Waals surface area contributed by atoms with Crippen molar-refractivity contribution < 1.29 is 13.2 Å². The summed E-state index contributed by atoms with van der Waals surface area (Å²) in [6.45, 7) is 7.93. The molecule has 0 heterocycles. The van der Waals surface area contributed by atoms with Crippen LogP contribution in [-0.4, -0.2) is 26.6 Å². The van der Waals surface area contributed by atoms with Crippen LogP contribution in [0.5, 0.6) is 0 Å². The summed E-state index contributed by atoms with van der Waals surface area (Å²) < 4.78 is 26.4. The van der Waals surface area contributed by atoms with Gasteiger partial charge in [0.25, 0.3) is 0 Å². The van der Waals surface area contributed by atoms with Gasteiger partial charge in [-0.05, 0) is 55.5 Å². The summed E-state index contributed by atoms with van der Waals surface area (Å²) in [6.07, 6.45) is 1.52. The Labute approximate surface area is 162 Å². The Morgan fingerprint density at radius 1 is 1.07 bits per heavy atom. The van der Waals surface area contributed by atoms with Crippen LogP contribution in [0, 0.1) is 20.8 Å². The van der Waals surface area contributed by atoms with E-state index in [0.717, 1.165) is 28.5 Å². The van der Waals surface area contributed by atoms with E-state index in [0.29, 0.717) is 18.7 Å². The van der Waals surface area contributed by atoms with Crippen LogP contribution in [0.25, 0.3) is 0 Å². The van der Waals surface area contributed by atoms with Crippen molar-refractivity contribution in [3.05, 3.63) is 64.7 Å². The Morgan fingerprint density at radius 2 is 1.74 bits per heavy atom. The summed E-state index contributed by atoms with van der Waals surface area (Å²) in [5, 5.41) is 2.90. The van der Waals surface area contributed by atoms with E-state index in [1.165, 1.54) is 4.31 Å². The number of hydrogen-bond acceptors (Lipinski definition) is 3. The number of amides is 1. The van der Waals surface area contributed by atoms with Gasteiger partial charge in [-0.2, -0.15) is 0 Å². The SMILES string of the molecule is CC[C@H](C(=O)NCc1ccccc1C)N(c1cc(C)ccc1C)S(C)(=O)=O. The molecule has 0 aliphatic carbocycles. The molecule has 0 aliphatic heterocycles. The van der Waals surface area contributed by atoms with E-state index < -0.39 is 16.1 Å². The zero-order valence-electron chi connectivity index (χ0n) is 16.6. The standard InChI is InChI=1S/C21H28N2O3S/c1-6-19(21(24)22-14-18-10-8-7-9-16(18)3)23(27(5,25)26)20-13-15(2)11-12-17(20)4/h7-13,19H,6,14H2,1-5H3,(H,22,24)/t19-/m1/s1. The number of benzene rings is 2. The lowest BCUT2D eigenvalue weighted by Gasteiger charge is -2.31. The van der Waals surface area contributed by atoms with Crippen molar-refractivity contribution in [2.45, 2.75) is 46.7 Å². The molecule has 0 unspecified atom stereocenters. The lowest BCUT2D eigenvalue weighted by molar-refractivity contribution is -0.122. The highest BCUT2D eigenvalue weighted by Gasteiger charge is 2.32. The number of rotatable bonds is 7. The molecular weight excluding hydrogens is 360 g/mol. The molecule has 2 aromatic rings. The van der Waals surface area contributed by atoms with E-state index in [4.69, 9.17) is 0 Å². The minimum Gasteiger partial charge on any atom is -0.350 e. The van der Waals surface area contributed by atoms with Gasteiger partial charge in [-0.15, -0.1) is 0 Å². The molecule has 6 heteroatoms. The molecule has 1 N–H and O–H groups in total. The summed E-state index contributed by atoms with van der Waals surface area (Å²) in [5.74, 6) is -0.299. The third-order valence-corrected chi connectivity index (χ3v) is 5.81. The number of aryl methyl sites for hydroxylation is 3. The summed E-state index contributed by atoms with van der Waals surface area (Å²) in [6, 6.07) is 12.6. The molecule has 1 atom stereocenters. The van der Waals surface area contributed by atoms with Crippen LogP contribution in [0.3, 0.4) is 0 Å². The van der Waals surface area contributed by atoms with Crippen LogP contribution in [0.4, 0.5) is 5.69 Å². The summed E-state index contributed by atoms with van der Waals surface area (Å²) >= 11 is 0. The molecule has 146 valence electrons. The van der Waals surface area contributed by atoms with Crippen LogP contribution < -0.4 is 9.62 Å². The maximum atomic E-state index is 12.9. The first-order valence-electron chi connectivity index (χ1n) is 9.04. The van der Waals surface area contributed by atoms with Crippen molar-refractivity contribution in [3.63, 3.8) is 0 Å². The minimum absolute atomic E-state index is 0.299. The number of hydrogen-bond donors (Lipinski definition) is 1. The molecule has 1 amide bonds. The van der Waals surface area contributed by atoms with Gasteiger partial charge in [-0.25, -0.2) is 8.42 Å². The van der Waals surface area contributed by atoms with Crippen LogP contribution in [-0.2, 0) is 21.4 Å². The highest BCUT2D eigenvalue weighted by Crippen LogP contribution is 2.27. The summed E-state index contributed by atoms with van der Waals surface area (Å²) in [7, 11) is -3.63. The second-order valence-electron chi connectivity index (χ2n) is 6.92. The fourth-order valence-corrected chi connectivity index (χ4v) is 4.36. The monoisotopic (exact) mass is 388 g/mol. The van der Waals surface area contributed by atoms with Gasteiger partial charge < -0.3 is 5.32 Å². The zero-order chi connectivity index (χ0) is 20.2. The van der Waals surface area contributed by atoms with Gasteiger partial charge in [0.15, 0.2) is 0 Å². The van der Waals surface area contributed by atoms with Gasteiger partial charge >= 0.3 is 0 Å². The quantitative estimate of drug-likeness (QED) is 0.790. The van der Waals surface area contributed by atoms with Crippen LogP contribution in [0.1, 0.15) is 35.6 Å². The third kappa shape index (κ3) is 5.10. The molecule has 0 aliphatic rings. The van der Waals surface area contributed by atoms with E-state index in [9.17, 15) is 13.2 Å². The van der Waals surface area contributed by atoms with Gasteiger partial charge in [0.1, 0.15) is 6.04 Å². The maximum absolute atomic E-state index is 12.9. The summed E-state index contributed by atoms with van der Waals surface area (Å²) in [5.41, 5.74) is 4.41. The number of anilines is 1. The Bertz CT molecular complexity index is 923. The van der Waals surface area contributed by atoms with Crippen molar-refractivity contribution >= 4 is 21.6 Å². The molecule has 5 nitrogen and oxygen atoms in total. The minimum atomic E-state index is -3.63. The fourth-order valence-electron chi connectivity index (χ4n) is 3.10. The van der Waals surface area contributed by atoms with E-state index in [-0.39, 0.29) is 5.91 Å². The van der Waals surface area contributed by atoms with Gasteiger partial charge in [0, 0.05) is 6.54 Å². The molecule has 27 heavy (non-hydrogen) atoms. The van der Waals surface area contributed by atoms with Gasteiger partial charge in [0.2, 0.25) is 15.9 Å². The molecule has 0 aromatic heterocycles. The van der Waals surface area contributed by atoms with Crippen LogP contribution >= 0.6 is 0 Å². The first-order valence-corrected chi connectivity index (χ1v) is 10.9. The van der Waals surface area contributed by atoms with Crippen molar-refractivity contribution in [2.24, 2.45) is 0 Å². The Balaban J connectivity index is 2.33. The Hall–Kier alpha value is -2.34. The van der Waals surface area contributed by atoms with Crippen LogP contribution in [0.15, 0.2) is 42.5 Å². The first kappa shape index (κ1) is 21.0. The highest BCUT2D eigenvalue weighted by atomic mass is 32.2. The van der Waals surface area contributed by atoms with Gasteiger partial charge in [-0.3, -0.25) is 9.10 Å². The van der Waals surface area contributed by atoms with E-state index in [1.807, 2.05) is 70.2 Å². The summed E-state index contributed by atoms with van der Waals surface area (Å²) in [4.78, 5) is 12.9. The first-order chi connectivity index (χ1) is 12.6. The molecule has 0 radical (unpaired) electrons. The second kappa shape index (κ2) is 8.57. The van der Waals surface area contributed by atoms with E-state index in [2.05, 4.69) is 5.32 Å². The molecule has 2 aromatic carbocycles. The number of carbonyl (C=O) groups is 1. The largest absolute Gasteiger partial charge is 0.350 e. The van der Waals surface area contributed by atoms with Crippen molar-refractivity contribution in [1.82, 2.24) is 5.32 Å². The van der Waals surface area contributed by atoms with Gasteiger partial charge in [0.05, 0.1) is 11.9 Å². The Morgan fingerprint density at radius 3 is 2.33 bits per heavy atom. The lowest BCUT2D eigenvalue weighted by atomic mass is 10.1. The number of carbonyl (C=O) groups excluding carboxylic acids is 1. The molecule has 0 saturated carbocycles. The molecular formula is C21H28N2O3S. The fraction of sp³-hybridized carbons (Fsp3) is 0.381. The maximum Gasteiger partial charge on any atom is 0.244 e. The average molecular weight is 389 g/mol. The van der Waals surface area contributed by atoms with Gasteiger partial charge in [-0.1, -0.05) is 43.3 Å². The lowest BCUT2D eigenvalue weighted by Crippen LogP contribution is -2.49. The number of nitrogens with zero attached hydrogens (tertiary/aromatic N) is 1. The van der Waals surface area contributed by atoms with Crippen molar-refractivity contribution in [1.29, 1.82) is 0 Å². The number of nitrogens with one attached hydrogen (secondary N) is 1. The molecule has 2 rings (SSSR count). The molecule has 0 fully saturated rings. The Kier molecular flexibility index (Phi) is 6.65. The highest BCUT2D eigenvalue weighted by molar-refractivity contribution is 7.92. The second-order valence-corrected chi connectivity index (χ2v) is 8.78. The van der Waals surface area contributed by atoms with E-state index in [1.54, 1.807) is 0 Å². The van der Waals surface area contributed by atoms with Crippen molar-refractivity contribution in [3.8, 4) is 0 Å². The molecule has 0 bridgehead atoms. The van der Waals surface area contributed by atoms with Crippen molar-refractivity contribution in [2.75, 3.05) is 10.6 Å². The predicted octanol–water partition coefficient (Wildman–Crippen LogP) is 3.47. The normalized spacial score (nSPS) is 12.5. The molecule has 0 saturated heterocycles. The third-order valence-electron chi connectivity index (χ3n) is 4.65. The topological polar surface area (TPSA) is 66.5 Å².